The van der Waals surface area contributed by atoms with Crippen molar-refractivity contribution < 1.29 is 9.59 Å². The summed E-state index contributed by atoms with van der Waals surface area (Å²) in [6.07, 6.45) is 3.52. The minimum atomic E-state index is -0.737. The van der Waals surface area contributed by atoms with Crippen LogP contribution in [0.25, 0.3) is 0 Å². The lowest BCUT2D eigenvalue weighted by Crippen LogP contribution is -2.50. The maximum atomic E-state index is 11.5. The van der Waals surface area contributed by atoms with Crippen molar-refractivity contribution in [2.24, 2.45) is 11.6 Å². The number of imidazole rings is 1. The first-order valence-electron chi connectivity index (χ1n) is 5.14. The zero-order valence-corrected chi connectivity index (χ0v) is 9.27. The summed E-state index contributed by atoms with van der Waals surface area (Å²) in [5.74, 6) is 4.29. The van der Waals surface area contributed by atoms with Crippen LogP contribution >= 0.6 is 0 Å². The van der Waals surface area contributed by atoms with Gasteiger partial charge in [-0.1, -0.05) is 0 Å². The molecule has 8 nitrogen and oxygen atoms in total. The maximum Gasteiger partial charge on any atom is 0.256 e. The Kier molecular flexibility index (Phi) is 5.11. The van der Waals surface area contributed by atoms with Gasteiger partial charge in [0.05, 0.1) is 6.33 Å². The van der Waals surface area contributed by atoms with Gasteiger partial charge in [-0.15, -0.1) is 0 Å². The number of hydrogen-bond acceptors (Lipinski definition) is 5. The molecule has 0 aromatic carbocycles. The Morgan fingerprint density at radius 2 is 2.29 bits per heavy atom. The average molecular weight is 240 g/mol. The standard InChI is InChI=1S/C9H16N6O2/c10-2-1-8(16)14-7(9(17)15-11)3-6-4-12-5-13-6/h4-5,7H,1-3,10-11H2,(H,12,13)(H,14,16)(H,15,17)/t7-/m0/s1. The Bertz CT molecular complexity index is 364. The van der Waals surface area contributed by atoms with E-state index in [0.29, 0.717) is 6.42 Å². The molecule has 17 heavy (non-hydrogen) atoms. The first kappa shape index (κ1) is 13.1. The molecule has 7 N–H and O–H groups in total. The number of carbonyl (C=O) groups is 2. The molecule has 1 rings (SSSR count). The minimum Gasteiger partial charge on any atom is -0.348 e. The van der Waals surface area contributed by atoms with Crippen molar-refractivity contribution in [3.63, 3.8) is 0 Å². The molecule has 94 valence electrons. The van der Waals surface area contributed by atoms with Crippen molar-refractivity contribution in [2.45, 2.75) is 18.9 Å². The van der Waals surface area contributed by atoms with Crippen LogP contribution in [0.1, 0.15) is 12.1 Å². The van der Waals surface area contributed by atoms with Gasteiger partial charge in [0, 0.05) is 31.3 Å². The number of nitrogens with one attached hydrogen (secondary N) is 3. The van der Waals surface area contributed by atoms with E-state index in [1.54, 1.807) is 6.20 Å². The summed E-state index contributed by atoms with van der Waals surface area (Å²) in [4.78, 5) is 29.5. The molecule has 0 bridgehead atoms. The second kappa shape index (κ2) is 6.61. The number of amides is 2. The number of H-pyrrole nitrogens is 1. The Hall–Kier alpha value is -1.93. The van der Waals surface area contributed by atoms with Crippen LogP contribution in [0.4, 0.5) is 0 Å². The normalized spacial score (nSPS) is 11.9. The van der Waals surface area contributed by atoms with E-state index >= 15 is 0 Å². The molecule has 0 radical (unpaired) electrons. The van der Waals surface area contributed by atoms with Gasteiger partial charge in [0.15, 0.2) is 0 Å². The largest absolute Gasteiger partial charge is 0.348 e. The highest BCUT2D eigenvalue weighted by molar-refractivity contribution is 5.87. The minimum absolute atomic E-state index is 0.164. The van der Waals surface area contributed by atoms with Crippen molar-refractivity contribution >= 4 is 11.8 Å². The molecule has 2 amide bonds. The van der Waals surface area contributed by atoms with E-state index in [-0.39, 0.29) is 18.9 Å². The molecule has 0 spiro atoms. The van der Waals surface area contributed by atoms with Crippen molar-refractivity contribution in [1.82, 2.24) is 20.7 Å². The van der Waals surface area contributed by atoms with E-state index in [2.05, 4.69) is 15.3 Å². The van der Waals surface area contributed by atoms with E-state index in [1.807, 2.05) is 5.43 Å². The number of carbonyl (C=O) groups excluding carboxylic acids is 2. The van der Waals surface area contributed by atoms with Crippen LogP contribution in [-0.4, -0.2) is 34.4 Å². The van der Waals surface area contributed by atoms with Gasteiger partial charge < -0.3 is 16.0 Å². The summed E-state index contributed by atoms with van der Waals surface area (Å²) in [6.45, 7) is 0.229. The molecule has 0 aliphatic heterocycles. The Labute approximate surface area is 98.1 Å². The highest BCUT2D eigenvalue weighted by Crippen LogP contribution is 1.99. The fourth-order valence-electron chi connectivity index (χ4n) is 1.32. The molecule has 1 aromatic rings. The van der Waals surface area contributed by atoms with Crippen molar-refractivity contribution in [3.05, 3.63) is 18.2 Å². The van der Waals surface area contributed by atoms with E-state index in [0.717, 1.165) is 5.69 Å². The van der Waals surface area contributed by atoms with E-state index < -0.39 is 11.9 Å². The van der Waals surface area contributed by atoms with Crippen LogP contribution in [0.2, 0.25) is 0 Å². The number of hydrazine groups is 1. The lowest BCUT2D eigenvalue weighted by molar-refractivity contribution is -0.128. The summed E-state index contributed by atoms with van der Waals surface area (Å²) in [5, 5.41) is 2.55. The number of aromatic nitrogens is 2. The van der Waals surface area contributed by atoms with Gasteiger partial charge in [-0.25, -0.2) is 10.8 Å². The van der Waals surface area contributed by atoms with Gasteiger partial charge in [-0.05, 0) is 0 Å². The average Bonchev–Trinajstić information content (AvgIpc) is 2.80. The monoisotopic (exact) mass is 240 g/mol. The van der Waals surface area contributed by atoms with Crippen LogP contribution in [0.3, 0.4) is 0 Å². The number of rotatable bonds is 6. The van der Waals surface area contributed by atoms with Crippen LogP contribution in [-0.2, 0) is 16.0 Å². The fourth-order valence-corrected chi connectivity index (χ4v) is 1.32. The maximum absolute atomic E-state index is 11.5. The van der Waals surface area contributed by atoms with E-state index in [1.165, 1.54) is 6.33 Å². The number of nitrogens with zero attached hydrogens (tertiary/aromatic N) is 1. The molecule has 0 aliphatic carbocycles. The first-order chi connectivity index (χ1) is 8.17. The predicted octanol–water partition coefficient (Wildman–Crippen LogP) is -2.22. The molecule has 0 saturated carbocycles. The second-order valence-electron chi connectivity index (χ2n) is 3.45. The van der Waals surface area contributed by atoms with Crippen LogP contribution in [0, 0.1) is 0 Å². The van der Waals surface area contributed by atoms with Crippen molar-refractivity contribution in [3.8, 4) is 0 Å². The van der Waals surface area contributed by atoms with Gasteiger partial charge in [0.2, 0.25) is 5.91 Å². The van der Waals surface area contributed by atoms with Gasteiger partial charge >= 0.3 is 0 Å². The lowest BCUT2D eigenvalue weighted by Gasteiger charge is -2.16. The molecule has 0 aliphatic rings. The molecule has 0 saturated heterocycles. The highest BCUT2D eigenvalue weighted by Gasteiger charge is 2.20. The topological polar surface area (TPSA) is 139 Å². The van der Waals surface area contributed by atoms with Crippen LogP contribution in [0.5, 0.6) is 0 Å². The van der Waals surface area contributed by atoms with Gasteiger partial charge in [-0.2, -0.15) is 0 Å². The Balaban J connectivity index is 2.60. The summed E-state index contributed by atoms with van der Waals surface area (Å²) in [6, 6.07) is -0.737. The second-order valence-corrected chi connectivity index (χ2v) is 3.45. The summed E-state index contributed by atoms with van der Waals surface area (Å²) < 4.78 is 0. The van der Waals surface area contributed by atoms with E-state index in [4.69, 9.17) is 11.6 Å². The van der Waals surface area contributed by atoms with Gasteiger partial charge in [0.1, 0.15) is 6.04 Å². The highest BCUT2D eigenvalue weighted by atomic mass is 16.2. The zero-order chi connectivity index (χ0) is 12.7. The third kappa shape index (κ3) is 4.21. The summed E-state index contributed by atoms with van der Waals surface area (Å²) >= 11 is 0. The Morgan fingerprint density at radius 3 is 2.82 bits per heavy atom. The molecule has 1 heterocycles. The van der Waals surface area contributed by atoms with E-state index in [9.17, 15) is 9.59 Å². The third-order valence-electron chi connectivity index (χ3n) is 2.14. The van der Waals surface area contributed by atoms with Crippen molar-refractivity contribution in [1.29, 1.82) is 0 Å². The van der Waals surface area contributed by atoms with Gasteiger partial charge in [0.25, 0.3) is 5.91 Å². The molecular weight excluding hydrogens is 224 g/mol. The first-order valence-corrected chi connectivity index (χ1v) is 5.14. The molecule has 1 aromatic heterocycles. The molecule has 8 heteroatoms. The summed E-state index contributed by atoms with van der Waals surface area (Å²) in [5.41, 5.74) is 7.98. The fraction of sp³-hybridized carbons (Fsp3) is 0.444. The number of nitrogens with two attached hydrogens (primary N) is 2. The van der Waals surface area contributed by atoms with Crippen LogP contribution in [0.15, 0.2) is 12.5 Å². The molecular formula is C9H16N6O2. The number of hydrogen-bond donors (Lipinski definition) is 5. The SMILES string of the molecule is NCCC(=O)N[C@@H](Cc1cnc[nH]1)C(=O)NN. The Morgan fingerprint density at radius 1 is 1.53 bits per heavy atom. The smallest absolute Gasteiger partial charge is 0.256 e. The molecule has 0 unspecified atom stereocenters. The summed E-state index contributed by atoms with van der Waals surface area (Å²) in [7, 11) is 0. The lowest BCUT2D eigenvalue weighted by atomic mass is 10.1. The van der Waals surface area contributed by atoms with Gasteiger partial charge in [-0.3, -0.25) is 15.0 Å². The molecule has 1 atom stereocenters. The number of aromatic amines is 1. The molecule has 0 fully saturated rings. The third-order valence-corrected chi connectivity index (χ3v) is 2.14. The van der Waals surface area contributed by atoms with Crippen LogP contribution < -0.4 is 22.3 Å². The quantitative estimate of drug-likeness (QED) is 0.218. The zero-order valence-electron chi connectivity index (χ0n) is 9.27. The predicted molar refractivity (Wildman–Crippen MR) is 60.2 cm³/mol. The van der Waals surface area contributed by atoms with Crippen molar-refractivity contribution in [2.75, 3.05) is 6.54 Å².